The van der Waals surface area contributed by atoms with E-state index in [9.17, 15) is 18.4 Å². The first-order valence-corrected chi connectivity index (χ1v) is 5.74. The Labute approximate surface area is 114 Å². The summed E-state index contributed by atoms with van der Waals surface area (Å²) in [6.07, 6.45) is -0.727. The van der Waals surface area contributed by atoms with E-state index >= 15 is 0 Å². The molecular formula is C13H15F2NO4. The molecule has 0 saturated heterocycles. The molecule has 0 fully saturated rings. The largest absolute Gasteiger partial charge is 0.477 e. The summed E-state index contributed by atoms with van der Waals surface area (Å²) in [6.45, 7) is 5.05. The van der Waals surface area contributed by atoms with Crippen LogP contribution in [0, 0.1) is 0 Å². The van der Waals surface area contributed by atoms with Crippen LogP contribution in [0.25, 0.3) is 0 Å². The lowest BCUT2D eigenvalue weighted by Gasteiger charge is -2.19. The number of hydrogen-bond donors (Lipinski definition) is 2. The Hall–Kier alpha value is -2.18. The molecule has 7 heteroatoms. The van der Waals surface area contributed by atoms with Crippen LogP contribution in [0.15, 0.2) is 24.3 Å². The summed E-state index contributed by atoms with van der Waals surface area (Å²) in [4.78, 5) is 21.8. The number of benzene rings is 1. The van der Waals surface area contributed by atoms with E-state index in [1.807, 2.05) is 0 Å². The first-order chi connectivity index (χ1) is 9.02. The van der Waals surface area contributed by atoms with Gasteiger partial charge in [0.15, 0.2) is 0 Å². The molecule has 0 spiro atoms. The number of carbonyl (C=O) groups excluding carboxylic acids is 1. The lowest BCUT2D eigenvalue weighted by Crippen LogP contribution is -2.27. The van der Waals surface area contributed by atoms with Crippen molar-refractivity contribution in [2.75, 3.05) is 5.32 Å². The maximum Gasteiger partial charge on any atom is 0.412 e. The minimum absolute atomic E-state index is 0.226. The average Bonchev–Trinajstić information content (AvgIpc) is 2.26. The number of amides is 1. The standard InChI is InChI=1S/C13H15F2NO4/c1-12(2,3)20-11(19)16-9-6-4-8(5-7-9)13(14,15)10(17)18/h4-7H,1-3H3,(H,16,19)(H,17,18). The maximum atomic E-state index is 13.2. The number of alkyl halides is 2. The number of aliphatic carboxylic acids is 1. The normalized spacial score (nSPS) is 11.8. The number of anilines is 1. The zero-order valence-electron chi connectivity index (χ0n) is 11.2. The number of ether oxygens (including phenoxy) is 1. The fourth-order valence-corrected chi connectivity index (χ4v) is 1.31. The molecule has 0 bridgehead atoms. The van der Waals surface area contributed by atoms with E-state index in [1.54, 1.807) is 20.8 Å². The lowest BCUT2D eigenvalue weighted by molar-refractivity contribution is -0.166. The lowest BCUT2D eigenvalue weighted by atomic mass is 10.1. The van der Waals surface area contributed by atoms with Gasteiger partial charge in [0.05, 0.1) is 0 Å². The van der Waals surface area contributed by atoms with Crippen molar-refractivity contribution >= 4 is 17.7 Å². The van der Waals surface area contributed by atoms with E-state index in [2.05, 4.69) is 5.32 Å². The zero-order valence-corrected chi connectivity index (χ0v) is 11.2. The van der Waals surface area contributed by atoms with E-state index < -0.39 is 29.1 Å². The molecule has 0 unspecified atom stereocenters. The first kappa shape index (κ1) is 15.9. The van der Waals surface area contributed by atoms with Crippen LogP contribution in [0.2, 0.25) is 0 Å². The molecule has 1 aromatic rings. The summed E-state index contributed by atoms with van der Waals surface area (Å²) in [5, 5.41) is 10.8. The Bertz CT molecular complexity index is 506. The Balaban J connectivity index is 2.78. The van der Waals surface area contributed by atoms with Crippen LogP contribution in [-0.4, -0.2) is 22.8 Å². The molecule has 0 radical (unpaired) electrons. The SMILES string of the molecule is CC(C)(C)OC(=O)Nc1ccc(C(F)(F)C(=O)O)cc1. The topological polar surface area (TPSA) is 75.6 Å². The Kier molecular flexibility index (Phi) is 4.32. The van der Waals surface area contributed by atoms with Gasteiger partial charge in [0.25, 0.3) is 0 Å². The van der Waals surface area contributed by atoms with Gasteiger partial charge in [-0.2, -0.15) is 8.78 Å². The fourth-order valence-electron chi connectivity index (χ4n) is 1.31. The number of carboxylic acids is 1. The van der Waals surface area contributed by atoms with Crippen LogP contribution in [0.3, 0.4) is 0 Å². The van der Waals surface area contributed by atoms with Gasteiger partial charge >= 0.3 is 18.0 Å². The molecule has 1 amide bonds. The third-order valence-corrected chi connectivity index (χ3v) is 2.16. The van der Waals surface area contributed by atoms with Crippen molar-refractivity contribution in [1.29, 1.82) is 0 Å². The Morgan fingerprint density at radius 3 is 2.05 bits per heavy atom. The van der Waals surface area contributed by atoms with Gasteiger partial charge in [0.2, 0.25) is 0 Å². The monoisotopic (exact) mass is 287 g/mol. The molecule has 1 rings (SSSR count). The minimum Gasteiger partial charge on any atom is -0.477 e. The molecule has 0 aliphatic rings. The van der Waals surface area contributed by atoms with Crippen LogP contribution in [0.4, 0.5) is 19.3 Å². The van der Waals surface area contributed by atoms with Crippen molar-refractivity contribution < 1.29 is 28.2 Å². The van der Waals surface area contributed by atoms with Crippen LogP contribution in [-0.2, 0) is 15.5 Å². The third kappa shape index (κ3) is 4.18. The summed E-state index contributed by atoms with van der Waals surface area (Å²) in [5.41, 5.74) is -1.12. The predicted molar refractivity (Wildman–Crippen MR) is 67.8 cm³/mol. The van der Waals surface area contributed by atoms with E-state index in [1.165, 1.54) is 12.1 Å². The molecule has 20 heavy (non-hydrogen) atoms. The van der Waals surface area contributed by atoms with E-state index in [4.69, 9.17) is 9.84 Å². The molecule has 110 valence electrons. The van der Waals surface area contributed by atoms with Gasteiger partial charge in [0, 0.05) is 11.3 Å². The van der Waals surface area contributed by atoms with Gasteiger partial charge in [-0.25, -0.2) is 9.59 Å². The van der Waals surface area contributed by atoms with Gasteiger partial charge < -0.3 is 9.84 Å². The van der Waals surface area contributed by atoms with Crippen molar-refractivity contribution in [1.82, 2.24) is 0 Å². The highest BCUT2D eigenvalue weighted by Gasteiger charge is 2.40. The van der Waals surface area contributed by atoms with Crippen molar-refractivity contribution in [3.05, 3.63) is 29.8 Å². The number of nitrogens with one attached hydrogen (secondary N) is 1. The first-order valence-electron chi connectivity index (χ1n) is 5.74. The molecule has 1 aromatic carbocycles. The van der Waals surface area contributed by atoms with Crippen LogP contribution >= 0.6 is 0 Å². The van der Waals surface area contributed by atoms with Gasteiger partial charge in [-0.3, -0.25) is 5.32 Å². The van der Waals surface area contributed by atoms with E-state index in [0.717, 1.165) is 12.1 Å². The minimum atomic E-state index is -3.97. The zero-order chi connectivity index (χ0) is 15.6. The number of halogens is 2. The predicted octanol–water partition coefficient (Wildman–Crippen LogP) is 3.21. The molecule has 0 aromatic heterocycles. The highest BCUT2D eigenvalue weighted by molar-refractivity contribution is 5.85. The number of rotatable bonds is 3. The number of carboxylic acid groups (broad SMARTS) is 1. The molecule has 0 aliphatic carbocycles. The second kappa shape index (κ2) is 5.44. The van der Waals surface area contributed by atoms with Gasteiger partial charge in [-0.1, -0.05) is 12.1 Å². The molecular weight excluding hydrogens is 272 g/mol. The summed E-state index contributed by atoms with van der Waals surface area (Å²) in [5.74, 6) is -6.20. The quantitative estimate of drug-likeness (QED) is 0.895. The average molecular weight is 287 g/mol. The second-order valence-corrected chi connectivity index (χ2v) is 5.08. The summed E-state index contributed by atoms with van der Waals surface area (Å²) >= 11 is 0. The summed E-state index contributed by atoms with van der Waals surface area (Å²) < 4.78 is 31.4. The van der Waals surface area contributed by atoms with Crippen molar-refractivity contribution in [2.24, 2.45) is 0 Å². The smallest absolute Gasteiger partial charge is 0.412 e. The van der Waals surface area contributed by atoms with Crippen LogP contribution in [0.5, 0.6) is 0 Å². The maximum absolute atomic E-state index is 13.2. The van der Waals surface area contributed by atoms with Crippen molar-refractivity contribution in [3.63, 3.8) is 0 Å². The van der Waals surface area contributed by atoms with Crippen LogP contribution in [0.1, 0.15) is 26.3 Å². The molecule has 0 aliphatic heterocycles. The van der Waals surface area contributed by atoms with Crippen molar-refractivity contribution in [2.45, 2.75) is 32.3 Å². The van der Waals surface area contributed by atoms with Crippen LogP contribution < -0.4 is 5.32 Å². The van der Waals surface area contributed by atoms with Gasteiger partial charge in [-0.05, 0) is 32.9 Å². The van der Waals surface area contributed by atoms with Gasteiger partial charge in [-0.15, -0.1) is 0 Å². The molecule has 2 N–H and O–H groups in total. The molecule has 0 heterocycles. The summed E-state index contributed by atoms with van der Waals surface area (Å²) in [6, 6.07) is 4.22. The van der Waals surface area contributed by atoms with E-state index in [-0.39, 0.29) is 5.69 Å². The van der Waals surface area contributed by atoms with Gasteiger partial charge in [0.1, 0.15) is 5.60 Å². The Morgan fingerprint density at radius 1 is 1.15 bits per heavy atom. The highest BCUT2D eigenvalue weighted by Crippen LogP contribution is 2.29. The highest BCUT2D eigenvalue weighted by atomic mass is 19.3. The number of carbonyl (C=O) groups is 2. The molecule has 0 atom stereocenters. The third-order valence-electron chi connectivity index (χ3n) is 2.16. The Morgan fingerprint density at radius 2 is 1.65 bits per heavy atom. The fraction of sp³-hybridized carbons (Fsp3) is 0.385. The number of hydrogen-bond acceptors (Lipinski definition) is 3. The second-order valence-electron chi connectivity index (χ2n) is 5.08. The molecule has 5 nitrogen and oxygen atoms in total. The summed E-state index contributed by atoms with van der Waals surface area (Å²) in [7, 11) is 0. The van der Waals surface area contributed by atoms with Crippen molar-refractivity contribution in [3.8, 4) is 0 Å². The molecule has 0 saturated carbocycles. The van der Waals surface area contributed by atoms with E-state index in [0.29, 0.717) is 0 Å².